The first kappa shape index (κ1) is 19.5. The molecule has 1 saturated heterocycles. The highest BCUT2D eigenvalue weighted by Gasteiger charge is 2.20. The number of hydrogen-bond donors (Lipinski definition) is 1. The van der Waals surface area contributed by atoms with Crippen LogP contribution in [0.25, 0.3) is 0 Å². The fraction of sp³-hybridized carbons (Fsp3) is 0.316. The van der Waals surface area contributed by atoms with Crippen LogP contribution in [0.2, 0.25) is 15.1 Å². The zero-order chi connectivity index (χ0) is 18.5. The van der Waals surface area contributed by atoms with E-state index >= 15 is 0 Å². The molecule has 0 atom stereocenters. The second-order valence-corrected chi connectivity index (χ2v) is 7.57. The van der Waals surface area contributed by atoms with Gasteiger partial charge in [-0.3, -0.25) is 14.6 Å². The van der Waals surface area contributed by atoms with E-state index in [4.69, 9.17) is 34.8 Å². The van der Waals surface area contributed by atoms with Crippen molar-refractivity contribution in [2.75, 3.05) is 38.0 Å². The summed E-state index contributed by atoms with van der Waals surface area (Å²) >= 11 is 18.2. The summed E-state index contributed by atoms with van der Waals surface area (Å²) in [5.74, 6) is -0.0752. The third kappa shape index (κ3) is 5.35. The predicted octanol–water partition coefficient (Wildman–Crippen LogP) is 4.40. The molecule has 1 aliphatic rings. The van der Waals surface area contributed by atoms with Crippen molar-refractivity contribution in [1.29, 1.82) is 0 Å². The molecular formula is C19H20Cl3N3O. The van der Waals surface area contributed by atoms with E-state index in [1.807, 2.05) is 18.2 Å². The molecule has 7 heteroatoms. The van der Waals surface area contributed by atoms with Crippen LogP contribution in [0.1, 0.15) is 5.56 Å². The van der Waals surface area contributed by atoms with Gasteiger partial charge in [0.05, 0.1) is 17.3 Å². The van der Waals surface area contributed by atoms with Crippen molar-refractivity contribution in [2.24, 2.45) is 0 Å². The maximum absolute atomic E-state index is 12.3. The van der Waals surface area contributed by atoms with Crippen LogP contribution in [0.5, 0.6) is 0 Å². The lowest BCUT2D eigenvalue weighted by molar-refractivity contribution is -0.117. The first-order chi connectivity index (χ1) is 12.5. The summed E-state index contributed by atoms with van der Waals surface area (Å²) in [4.78, 5) is 16.8. The molecule has 3 rings (SSSR count). The number of nitrogens with zero attached hydrogens (tertiary/aromatic N) is 2. The average molecular weight is 413 g/mol. The van der Waals surface area contributed by atoms with E-state index in [1.165, 1.54) is 0 Å². The largest absolute Gasteiger partial charge is 0.324 e. The van der Waals surface area contributed by atoms with E-state index < -0.39 is 0 Å². The molecule has 0 aliphatic carbocycles. The minimum absolute atomic E-state index is 0.0752. The van der Waals surface area contributed by atoms with Crippen molar-refractivity contribution < 1.29 is 4.79 Å². The Bertz CT molecular complexity index is 776. The van der Waals surface area contributed by atoms with Crippen molar-refractivity contribution in [3.8, 4) is 0 Å². The van der Waals surface area contributed by atoms with E-state index in [0.29, 0.717) is 22.3 Å². The molecule has 138 valence electrons. The summed E-state index contributed by atoms with van der Waals surface area (Å²) in [6.45, 7) is 4.66. The molecule has 1 aliphatic heterocycles. The van der Waals surface area contributed by atoms with E-state index in [2.05, 4.69) is 21.2 Å². The summed E-state index contributed by atoms with van der Waals surface area (Å²) in [5.41, 5.74) is 1.72. The fourth-order valence-electron chi connectivity index (χ4n) is 2.96. The second kappa shape index (κ2) is 9.07. The van der Waals surface area contributed by atoms with Crippen molar-refractivity contribution in [3.05, 3.63) is 63.1 Å². The van der Waals surface area contributed by atoms with Crippen molar-refractivity contribution in [2.45, 2.75) is 6.54 Å². The lowest BCUT2D eigenvalue weighted by Crippen LogP contribution is -2.48. The van der Waals surface area contributed by atoms with Gasteiger partial charge in [0, 0.05) is 42.8 Å². The van der Waals surface area contributed by atoms with Gasteiger partial charge in [-0.05, 0) is 29.8 Å². The van der Waals surface area contributed by atoms with Crippen LogP contribution < -0.4 is 5.32 Å². The van der Waals surface area contributed by atoms with Crippen LogP contribution in [0.3, 0.4) is 0 Å². The maximum Gasteiger partial charge on any atom is 0.238 e. The Kier molecular flexibility index (Phi) is 6.79. The highest BCUT2D eigenvalue weighted by atomic mass is 35.5. The van der Waals surface area contributed by atoms with Crippen molar-refractivity contribution in [1.82, 2.24) is 9.80 Å². The molecule has 26 heavy (non-hydrogen) atoms. The molecule has 0 spiro atoms. The Morgan fingerprint density at radius 2 is 1.62 bits per heavy atom. The molecule has 1 fully saturated rings. The molecule has 1 heterocycles. The van der Waals surface area contributed by atoms with Crippen LogP contribution in [-0.2, 0) is 11.3 Å². The normalized spacial score (nSPS) is 15.8. The number of amides is 1. The van der Waals surface area contributed by atoms with E-state index in [9.17, 15) is 4.79 Å². The number of piperazine rings is 1. The van der Waals surface area contributed by atoms with Gasteiger partial charge in [0.1, 0.15) is 0 Å². The van der Waals surface area contributed by atoms with Gasteiger partial charge < -0.3 is 5.32 Å². The molecule has 1 N–H and O–H groups in total. The number of nitrogens with one attached hydrogen (secondary N) is 1. The topological polar surface area (TPSA) is 35.6 Å². The van der Waals surface area contributed by atoms with E-state index in [-0.39, 0.29) is 5.91 Å². The highest BCUT2D eigenvalue weighted by molar-refractivity contribution is 6.36. The summed E-state index contributed by atoms with van der Waals surface area (Å²) in [6, 6.07) is 12.9. The molecule has 1 amide bonds. The van der Waals surface area contributed by atoms with Crippen LogP contribution in [0, 0.1) is 0 Å². The minimum Gasteiger partial charge on any atom is -0.324 e. The van der Waals surface area contributed by atoms with Gasteiger partial charge >= 0.3 is 0 Å². The van der Waals surface area contributed by atoms with Gasteiger partial charge in [-0.2, -0.15) is 0 Å². The molecular weight excluding hydrogens is 393 g/mol. The molecule has 4 nitrogen and oxygen atoms in total. The van der Waals surface area contributed by atoms with E-state index in [1.54, 1.807) is 18.2 Å². The van der Waals surface area contributed by atoms with Gasteiger partial charge in [0.25, 0.3) is 0 Å². The van der Waals surface area contributed by atoms with Crippen LogP contribution in [0.15, 0.2) is 42.5 Å². The number of benzene rings is 2. The van der Waals surface area contributed by atoms with E-state index in [0.717, 1.165) is 43.3 Å². The lowest BCUT2D eigenvalue weighted by atomic mass is 10.2. The monoisotopic (exact) mass is 411 g/mol. The first-order valence-corrected chi connectivity index (χ1v) is 9.57. The fourth-order valence-corrected chi connectivity index (χ4v) is 3.61. The number of halogens is 3. The molecule has 0 radical (unpaired) electrons. The predicted molar refractivity (Wildman–Crippen MR) is 108 cm³/mol. The standard InChI is InChI=1S/C19H20Cl3N3O/c20-15-5-6-18(17(22)11-15)23-19(26)13-25-9-7-24(8-10-25)12-14-3-1-2-4-16(14)21/h1-6,11H,7-10,12-13H2,(H,23,26). The van der Waals surface area contributed by atoms with Gasteiger partial charge in [-0.15, -0.1) is 0 Å². The lowest BCUT2D eigenvalue weighted by Gasteiger charge is -2.34. The number of hydrogen-bond acceptors (Lipinski definition) is 3. The van der Waals surface area contributed by atoms with Crippen LogP contribution in [-0.4, -0.2) is 48.4 Å². The Balaban J connectivity index is 1.46. The zero-order valence-electron chi connectivity index (χ0n) is 14.2. The first-order valence-electron chi connectivity index (χ1n) is 8.44. The SMILES string of the molecule is O=C(CN1CCN(Cc2ccccc2Cl)CC1)Nc1ccc(Cl)cc1Cl. The summed E-state index contributed by atoms with van der Waals surface area (Å²) in [6.07, 6.45) is 0. The maximum atomic E-state index is 12.3. The Morgan fingerprint density at radius 1 is 0.923 bits per heavy atom. The molecule has 0 aromatic heterocycles. The molecule has 0 bridgehead atoms. The van der Waals surface area contributed by atoms with Gasteiger partial charge in [0.2, 0.25) is 5.91 Å². The smallest absolute Gasteiger partial charge is 0.238 e. The Hall–Kier alpha value is -1.30. The minimum atomic E-state index is -0.0752. The quantitative estimate of drug-likeness (QED) is 0.790. The molecule has 0 unspecified atom stereocenters. The molecule has 2 aromatic carbocycles. The van der Waals surface area contributed by atoms with Gasteiger partial charge in [0.15, 0.2) is 0 Å². The third-order valence-corrected chi connectivity index (χ3v) is 5.31. The number of carbonyl (C=O) groups excluding carboxylic acids is 1. The van der Waals surface area contributed by atoms with Crippen LogP contribution in [0.4, 0.5) is 5.69 Å². The summed E-state index contributed by atoms with van der Waals surface area (Å²) < 4.78 is 0. The average Bonchev–Trinajstić information content (AvgIpc) is 2.61. The van der Waals surface area contributed by atoms with Gasteiger partial charge in [-0.25, -0.2) is 0 Å². The van der Waals surface area contributed by atoms with Crippen LogP contribution >= 0.6 is 34.8 Å². The summed E-state index contributed by atoms with van der Waals surface area (Å²) in [7, 11) is 0. The van der Waals surface area contributed by atoms with Crippen molar-refractivity contribution in [3.63, 3.8) is 0 Å². The Labute approximate surface area is 168 Å². The number of anilines is 1. The Morgan fingerprint density at radius 3 is 2.31 bits per heavy atom. The molecule has 2 aromatic rings. The second-order valence-electron chi connectivity index (χ2n) is 6.32. The van der Waals surface area contributed by atoms with Gasteiger partial charge in [-0.1, -0.05) is 53.0 Å². The number of rotatable bonds is 5. The summed E-state index contributed by atoms with van der Waals surface area (Å²) in [5, 5.41) is 4.63. The number of carbonyl (C=O) groups is 1. The highest BCUT2D eigenvalue weighted by Crippen LogP contribution is 2.25. The zero-order valence-corrected chi connectivity index (χ0v) is 16.5. The third-order valence-electron chi connectivity index (χ3n) is 4.39. The van der Waals surface area contributed by atoms with Crippen molar-refractivity contribution >= 4 is 46.4 Å². The molecule has 0 saturated carbocycles.